The number of likely N-dealkylation sites (N-methyl/N-ethyl adjacent to an activating group) is 1. The Balaban J connectivity index is 4.41. The van der Waals surface area contributed by atoms with Crippen LogP contribution in [0, 0.1) is 0 Å². The third-order valence-corrected chi connectivity index (χ3v) is 10.2. The van der Waals surface area contributed by atoms with Crippen molar-refractivity contribution in [2.45, 2.75) is 187 Å². The van der Waals surface area contributed by atoms with Crippen LogP contribution >= 0.6 is 0 Å². The Labute approximate surface area is 367 Å². The lowest BCUT2D eigenvalue weighted by Gasteiger charge is -2.31. The first-order chi connectivity index (χ1) is 29.1. The van der Waals surface area contributed by atoms with Gasteiger partial charge >= 0.3 is 17.9 Å². The normalized spacial score (nSPS) is 13.7. The van der Waals surface area contributed by atoms with Crippen LogP contribution in [0.4, 0.5) is 0 Å². The van der Waals surface area contributed by atoms with Gasteiger partial charge in [0.05, 0.1) is 34.4 Å². The number of ether oxygens (including phenoxy) is 3. The molecule has 0 aromatic rings. The van der Waals surface area contributed by atoms with Crippen molar-refractivity contribution in [2.24, 2.45) is 0 Å². The van der Waals surface area contributed by atoms with Crippen molar-refractivity contribution in [1.29, 1.82) is 0 Å². The number of quaternary nitrogens is 1. The van der Waals surface area contributed by atoms with Crippen molar-refractivity contribution in [1.82, 2.24) is 0 Å². The topological polar surface area (TPSA) is 99.1 Å². The second kappa shape index (κ2) is 42.2. The minimum Gasteiger partial charge on any atom is -0.477 e. The predicted molar refractivity (Wildman–Crippen MR) is 252 cm³/mol. The summed E-state index contributed by atoms with van der Waals surface area (Å²) in [6.07, 6.45) is 54.7. The molecule has 0 fully saturated rings. The van der Waals surface area contributed by atoms with E-state index in [1.165, 1.54) is 51.4 Å². The van der Waals surface area contributed by atoms with Crippen LogP contribution in [0.2, 0.25) is 0 Å². The van der Waals surface area contributed by atoms with Crippen LogP contribution in [0.25, 0.3) is 0 Å². The van der Waals surface area contributed by atoms with Crippen LogP contribution in [0.3, 0.4) is 0 Å². The van der Waals surface area contributed by atoms with E-state index >= 15 is 0 Å². The van der Waals surface area contributed by atoms with Crippen LogP contribution in [-0.2, 0) is 28.6 Å². The van der Waals surface area contributed by atoms with Gasteiger partial charge in [0.25, 0.3) is 0 Å². The molecule has 342 valence electrons. The van der Waals surface area contributed by atoms with Crippen molar-refractivity contribution in [3.05, 3.63) is 85.1 Å². The summed E-state index contributed by atoms with van der Waals surface area (Å²) >= 11 is 0. The number of aliphatic carboxylic acids is 1. The molecule has 8 nitrogen and oxygen atoms in total. The van der Waals surface area contributed by atoms with E-state index < -0.39 is 18.1 Å². The van der Waals surface area contributed by atoms with Gasteiger partial charge in [-0.1, -0.05) is 182 Å². The van der Waals surface area contributed by atoms with E-state index in [0.717, 1.165) is 89.9 Å². The number of esters is 2. The highest BCUT2D eigenvalue weighted by atomic mass is 16.6. The van der Waals surface area contributed by atoms with Crippen LogP contribution in [-0.4, -0.2) is 80.6 Å². The summed E-state index contributed by atoms with van der Waals surface area (Å²) in [4.78, 5) is 37.1. The molecule has 0 aromatic carbocycles. The number of carboxylic acid groups (broad SMARTS) is 1. The van der Waals surface area contributed by atoms with E-state index in [2.05, 4.69) is 62.5 Å². The number of carboxylic acids is 1. The minimum atomic E-state index is -0.885. The Hall–Kier alpha value is -3.49. The largest absolute Gasteiger partial charge is 0.477 e. The summed E-state index contributed by atoms with van der Waals surface area (Å²) in [6, 6.07) is -0.627. The van der Waals surface area contributed by atoms with Gasteiger partial charge in [-0.05, 0) is 57.8 Å². The molecule has 0 aliphatic heterocycles. The molecule has 8 heteroatoms. The van der Waals surface area contributed by atoms with Crippen molar-refractivity contribution >= 4 is 17.9 Å². The highest BCUT2D eigenvalue weighted by Gasteiger charge is 2.31. The first-order valence-electron chi connectivity index (χ1n) is 23.7. The number of rotatable bonds is 41. The fourth-order valence-corrected chi connectivity index (χ4v) is 6.46. The Morgan fingerprint density at radius 2 is 0.917 bits per heavy atom. The molecule has 0 radical (unpaired) electrons. The fraction of sp³-hybridized carbons (Fsp3) is 0.673. The second-order valence-electron chi connectivity index (χ2n) is 16.8. The number of nitrogens with zero attached hydrogens (tertiary/aromatic N) is 1. The molecular weight excluding hydrogens is 751 g/mol. The molecule has 0 rings (SSSR count). The zero-order chi connectivity index (χ0) is 44.2. The summed E-state index contributed by atoms with van der Waals surface area (Å²) in [6.45, 7) is 4.59. The van der Waals surface area contributed by atoms with Gasteiger partial charge in [-0.3, -0.25) is 9.59 Å². The lowest BCUT2D eigenvalue weighted by Crippen LogP contribution is -2.50. The minimum absolute atomic E-state index is 0.0413. The average molecular weight is 839 g/mol. The zero-order valence-corrected chi connectivity index (χ0v) is 38.9. The third-order valence-electron chi connectivity index (χ3n) is 10.2. The van der Waals surface area contributed by atoms with Gasteiger partial charge in [0.1, 0.15) is 6.61 Å². The van der Waals surface area contributed by atoms with Crippen LogP contribution in [0.15, 0.2) is 85.1 Å². The van der Waals surface area contributed by atoms with E-state index in [9.17, 15) is 19.5 Å². The standard InChI is InChI=1S/C52H87NO7/c1-6-8-10-12-14-16-18-20-22-24-26-28-30-32-34-36-38-40-42-50(54)59-47-48(46-58-45-44-49(52(56)57)53(3,4)5)60-51(55)43-41-39-37-35-33-31-29-27-25-23-21-19-17-15-13-11-9-7-2/h10,12,14,16,18,20,22-29,48-49H,6-9,11,13,15,17,19,21,30-47H2,1-5H3/p+1/b12-10+,16-14+,20-18+,24-22+,25-23+,28-26+,29-27+. The van der Waals surface area contributed by atoms with Gasteiger partial charge in [-0.2, -0.15) is 0 Å². The maximum atomic E-state index is 12.8. The number of allylic oxidation sites excluding steroid dienone is 14. The number of carbonyl (C=O) groups excluding carboxylic acids is 2. The van der Waals surface area contributed by atoms with Crippen molar-refractivity contribution in [3.8, 4) is 0 Å². The van der Waals surface area contributed by atoms with Gasteiger partial charge in [0.15, 0.2) is 12.1 Å². The number of carbonyl (C=O) groups is 3. The molecule has 2 unspecified atom stereocenters. The highest BCUT2D eigenvalue weighted by molar-refractivity contribution is 5.72. The maximum Gasteiger partial charge on any atom is 0.362 e. The molecule has 0 aromatic heterocycles. The predicted octanol–water partition coefficient (Wildman–Crippen LogP) is 13.3. The molecule has 0 saturated carbocycles. The van der Waals surface area contributed by atoms with Gasteiger partial charge in [-0.15, -0.1) is 0 Å². The van der Waals surface area contributed by atoms with Gasteiger partial charge < -0.3 is 23.8 Å². The second-order valence-corrected chi connectivity index (χ2v) is 16.8. The molecule has 60 heavy (non-hydrogen) atoms. The first-order valence-corrected chi connectivity index (χ1v) is 23.7. The zero-order valence-electron chi connectivity index (χ0n) is 38.9. The summed E-state index contributed by atoms with van der Waals surface area (Å²) in [7, 11) is 5.51. The van der Waals surface area contributed by atoms with Gasteiger partial charge in [-0.25, -0.2) is 4.79 Å². The number of unbranched alkanes of at least 4 members (excludes halogenated alkanes) is 18. The molecule has 0 bridgehead atoms. The van der Waals surface area contributed by atoms with E-state index in [1.54, 1.807) is 0 Å². The lowest BCUT2D eigenvalue weighted by atomic mass is 10.1. The third kappa shape index (κ3) is 39.9. The Morgan fingerprint density at radius 1 is 0.500 bits per heavy atom. The summed E-state index contributed by atoms with van der Waals surface area (Å²) < 4.78 is 17.3. The van der Waals surface area contributed by atoms with E-state index in [1.807, 2.05) is 57.6 Å². The quantitative estimate of drug-likeness (QED) is 0.0283. The monoisotopic (exact) mass is 839 g/mol. The molecular formula is C52H88NO7+. The molecule has 0 aliphatic rings. The molecule has 0 heterocycles. The molecule has 0 spiro atoms. The molecule has 0 aliphatic carbocycles. The van der Waals surface area contributed by atoms with Crippen LogP contribution in [0.1, 0.15) is 174 Å². The molecule has 2 atom stereocenters. The smallest absolute Gasteiger partial charge is 0.362 e. The fourth-order valence-electron chi connectivity index (χ4n) is 6.46. The molecule has 0 amide bonds. The van der Waals surface area contributed by atoms with E-state index in [-0.39, 0.29) is 36.2 Å². The van der Waals surface area contributed by atoms with E-state index in [4.69, 9.17) is 14.2 Å². The Morgan fingerprint density at radius 3 is 1.38 bits per heavy atom. The Kier molecular flexibility index (Phi) is 39.8. The summed E-state index contributed by atoms with van der Waals surface area (Å²) in [5, 5.41) is 9.64. The SMILES string of the molecule is CCC/C=C/C=C/C=C/C=C/C=C/CCCCCCCC(=O)OCC(COCCC(C(=O)O)[N+](C)(C)C)OC(=O)CCCCCCC/C=C/C=C/CCCCCCCCC. The Bertz CT molecular complexity index is 1250. The van der Waals surface area contributed by atoms with Crippen molar-refractivity contribution < 1.29 is 38.2 Å². The van der Waals surface area contributed by atoms with Gasteiger partial charge in [0.2, 0.25) is 0 Å². The van der Waals surface area contributed by atoms with E-state index in [0.29, 0.717) is 19.3 Å². The highest BCUT2D eigenvalue weighted by Crippen LogP contribution is 2.13. The summed E-state index contributed by atoms with van der Waals surface area (Å²) in [5.41, 5.74) is 0. The lowest BCUT2D eigenvalue weighted by molar-refractivity contribution is -0.887. The van der Waals surface area contributed by atoms with Crippen LogP contribution < -0.4 is 0 Å². The van der Waals surface area contributed by atoms with Crippen LogP contribution in [0.5, 0.6) is 0 Å². The summed E-state index contributed by atoms with van der Waals surface area (Å²) in [5.74, 6) is -1.53. The van der Waals surface area contributed by atoms with Crippen molar-refractivity contribution in [2.75, 3.05) is 41.0 Å². The maximum absolute atomic E-state index is 12.8. The number of hydrogen-bond acceptors (Lipinski definition) is 6. The average Bonchev–Trinajstić information content (AvgIpc) is 3.21. The molecule has 1 N–H and O–H groups in total. The van der Waals surface area contributed by atoms with Crippen molar-refractivity contribution in [3.63, 3.8) is 0 Å². The number of hydrogen-bond donors (Lipinski definition) is 1. The molecule has 0 saturated heterocycles. The van der Waals surface area contributed by atoms with Gasteiger partial charge in [0, 0.05) is 19.3 Å². The first kappa shape index (κ1) is 56.5.